The van der Waals surface area contributed by atoms with Crippen LogP contribution >= 0.6 is 11.6 Å². The standard InChI is InChI=1S/C23H19ClF2N2O4/c24-16-5-3-15(4-6-16)23(25,26)19(29)9-2-13-1-7-17-14(11-13)12-28(22(17)32)18-8-10-20(30)27-21(18)31/h1,3-7,11,18H,2,8-10,12H2,(H,27,30,31)/i2D2,10D/hD. The fraction of sp³-hybridized carbons (Fsp3) is 0.304. The molecular weight excluding hydrogens is 442 g/mol. The van der Waals surface area contributed by atoms with Gasteiger partial charge in [-0.2, -0.15) is 8.78 Å². The number of ketones is 1. The third-order valence-electron chi connectivity index (χ3n) is 5.34. The number of amides is 3. The summed E-state index contributed by atoms with van der Waals surface area (Å²) in [6, 6.07) is 6.93. The summed E-state index contributed by atoms with van der Waals surface area (Å²) < 4.78 is 61.3. The number of imide groups is 1. The quantitative estimate of drug-likeness (QED) is 0.664. The van der Waals surface area contributed by atoms with Gasteiger partial charge in [-0.25, -0.2) is 0 Å². The molecule has 1 N–H and O–H groups in total. The molecular formula is C23H19ClF2N2O4. The Hall–Kier alpha value is -3.13. The van der Waals surface area contributed by atoms with Crippen molar-refractivity contribution in [3.8, 4) is 0 Å². The second-order valence-electron chi connectivity index (χ2n) is 7.41. The fourth-order valence-corrected chi connectivity index (χ4v) is 3.75. The van der Waals surface area contributed by atoms with E-state index in [1.807, 2.05) is 0 Å². The molecule has 6 nitrogen and oxygen atoms in total. The van der Waals surface area contributed by atoms with E-state index < -0.39 is 60.2 Å². The average molecular weight is 465 g/mol. The number of halogens is 3. The topological polar surface area (TPSA) is 83.6 Å². The van der Waals surface area contributed by atoms with Gasteiger partial charge >= 0.3 is 5.92 Å². The highest BCUT2D eigenvalue weighted by molar-refractivity contribution is 6.30. The van der Waals surface area contributed by atoms with Crippen LogP contribution in [0.2, 0.25) is 6.43 Å². The van der Waals surface area contributed by atoms with Gasteiger partial charge in [0.1, 0.15) is 6.04 Å². The minimum Gasteiger partial charge on any atom is -0.322 e. The smallest absolute Gasteiger partial charge is 0.322 e. The van der Waals surface area contributed by atoms with Crippen molar-refractivity contribution >= 4 is 35.1 Å². The zero-order valence-corrected chi connectivity index (χ0v) is 17.2. The first kappa shape index (κ1) is 17.4. The minimum absolute atomic E-state index is 0.0681. The Balaban J connectivity index is 1.54. The summed E-state index contributed by atoms with van der Waals surface area (Å²) in [5.74, 6) is -8.13. The van der Waals surface area contributed by atoms with E-state index in [-0.39, 0.29) is 34.4 Å². The number of hydrogen-bond acceptors (Lipinski definition) is 4. The van der Waals surface area contributed by atoms with Gasteiger partial charge in [0.05, 0.1) is 0 Å². The van der Waals surface area contributed by atoms with Crippen molar-refractivity contribution in [1.82, 2.24) is 10.2 Å². The zero-order chi connectivity index (χ0) is 26.6. The first-order chi connectivity index (χ1) is 16.7. The van der Waals surface area contributed by atoms with E-state index in [0.717, 1.165) is 17.0 Å². The number of rotatable bonds is 6. The number of Topliss-reactive ketones (excluding diaryl/α,β-unsaturated/α-hetero) is 1. The van der Waals surface area contributed by atoms with E-state index >= 15 is 0 Å². The number of nitrogens with zero attached hydrogens (tertiary/aromatic N) is 1. The van der Waals surface area contributed by atoms with Gasteiger partial charge in [0.25, 0.3) is 5.91 Å². The van der Waals surface area contributed by atoms with Crippen LogP contribution in [0.4, 0.5) is 8.78 Å². The number of carbonyl (C=O) groups is 4. The molecule has 2 aliphatic rings. The monoisotopic (exact) mass is 464 g/mol. The largest absolute Gasteiger partial charge is 0.330 e. The van der Waals surface area contributed by atoms with Crippen molar-refractivity contribution < 1.29 is 33.5 Å². The Labute approximate surface area is 193 Å². The lowest BCUT2D eigenvalue weighted by atomic mass is 9.97. The van der Waals surface area contributed by atoms with Crippen LogP contribution in [0.1, 0.15) is 50.4 Å². The molecule has 0 spiro atoms. The summed E-state index contributed by atoms with van der Waals surface area (Å²) in [5, 5.41) is 0.271. The predicted octanol–water partition coefficient (Wildman–Crippen LogP) is 3.39. The molecule has 0 bridgehead atoms. The second kappa shape index (κ2) is 8.43. The first-order valence-corrected chi connectivity index (χ1v) is 10.0. The number of piperidine rings is 1. The second-order valence-corrected chi connectivity index (χ2v) is 7.84. The fourth-order valence-electron chi connectivity index (χ4n) is 3.62. The maximum absolute atomic E-state index is 14.7. The molecule has 1 saturated heterocycles. The van der Waals surface area contributed by atoms with Gasteiger partial charge in [-0.15, -0.1) is 0 Å². The number of alkyl halides is 2. The summed E-state index contributed by atoms with van der Waals surface area (Å²) >= 11 is 5.70. The number of hydrogen-bond donors (Lipinski definition) is 1. The van der Waals surface area contributed by atoms with E-state index in [4.69, 9.17) is 17.1 Å². The molecule has 32 heavy (non-hydrogen) atoms. The molecule has 9 heteroatoms. The highest BCUT2D eigenvalue weighted by Crippen LogP contribution is 2.32. The van der Waals surface area contributed by atoms with Crippen molar-refractivity contribution in [3.05, 3.63) is 69.7 Å². The van der Waals surface area contributed by atoms with Gasteiger partial charge in [0.2, 0.25) is 17.6 Å². The van der Waals surface area contributed by atoms with Gasteiger partial charge in [-0.3, -0.25) is 24.5 Å². The molecule has 2 aromatic carbocycles. The molecule has 2 unspecified atom stereocenters. The Morgan fingerprint density at radius 2 is 1.97 bits per heavy atom. The normalized spacial score (nSPS) is 23.4. The van der Waals surface area contributed by atoms with E-state index in [2.05, 4.69) is 0 Å². The summed E-state index contributed by atoms with van der Waals surface area (Å²) in [6.07, 6.45) is -5.32. The molecule has 4 rings (SSSR count). The lowest BCUT2D eigenvalue weighted by molar-refractivity contribution is -0.144. The number of fused-ring (bicyclic) bond motifs is 1. The van der Waals surface area contributed by atoms with Crippen LogP contribution < -0.4 is 5.31 Å². The Morgan fingerprint density at radius 1 is 1.25 bits per heavy atom. The molecule has 2 heterocycles. The molecule has 3 amide bonds. The summed E-state index contributed by atoms with van der Waals surface area (Å²) in [5.41, 5.74) is -0.298. The molecule has 0 saturated carbocycles. The SMILES string of the molecule is [2H]C1CC(N2Cc3cc(C([2H])([2H])CC(=O)C(F)(F)c4ccc(Cl)cc4)ccc3C2=O)C(=O)N([2H])C1=O. The molecule has 0 aromatic heterocycles. The summed E-state index contributed by atoms with van der Waals surface area (Å²) in [4.78, 5) is 50.5. The number of aryl methyl sites for hydroxylation is 1. The van der Waals surface area contributed by atoms with Crippen LogP contribution in [0.25, 0.3) is 0 Å². The van der Waals surface area contributed by atoms with Gasteiger partial charge in [0, 0.05) is 39.6 Å². The lowest BCUT2D eigenvalue weighted by Crippen LogP contribution is -2.52. The molecule has 2 aliphatic heterocycles. The van der Waals surface area contributed by atoms with Gasteiger partial charge in [-0.1, -0.05) is 35.9 Å². The maximum atomic E-state index is 14.7. The van der Waals surface area contributed by atoms with Crippen LogP contribution in [0.15, 0.2) is 42.5 Å². The first-order valence-electron chi connectivity index (χ1n) is 11.7. The van der Waals surface area contributed by atoms with Crippen LogP contribution in [-0.2, 0) is 33.2 Å². The van der Waals surface area contributed by atoms with Gasteiger partial charge in [0.15, 0.2) is 1.41 Å². The van der Waals surface area contributed by atoms with E-state index in [1.165, 1.54) is 30.3 Å². The third kappa shape index (κ3) is 4.14. The van der Waals surface area contributed by atoms with Crippen LogP contribution in [-0.4, -0.2) is 34.4 Å². The van der Waals surface area contributed by atoms with E-state index in [9.17, 15) is 28.0 Å². The lowest BCUT2D eigenvalue weighted by Gasteiger charge is -2.29. The van der Waals surface area contributed by atoms with Crippen molar-refractivity contribution in [2.45, 2.75) is 44.1 Å². The highest BCUT2D eigenvalue weighted by Gasteiger charge is 2.41. The van der Waals surface area contributed by atoms with Crippen molar-refractivity contribution in [1.29, 1.82) is 0 Å². The number of carbonyl (C=O) groups excluding carboxylic acids is 4. The average Bonchev–Trinajstić information content (AvgIpc) is 3.15. The molecule has 2 atom stereocenters. The Bertz CT molecular complexity index is 1280. The maximum Gasteiger partial charge on any atom is 0.330 e. The van der Waals surface area contributed by atoms with Crippen molar-refractivity contribution in [3.63, 3.8) is 0 Å². The van der Waals surface area contributed by atoms with Crippen LogP contribution in [0, 0.1) is 0 Å². The minimum atomic E-state index is -3.95. The molecule has 0 aliphatic carbocycles. The van der Waals surface area contributed by atoms with Crippen LogP contribution in [0.5, 0.6) is 0 Å². The third-order valence-corrected chi connectivity index (χ3v) is 5.60. The molecule has 0 radical (unpaired) electrons. The Morgan fingerprint density at radius 3 is 2.69 bits per heavy atom. The van der Waals surface area contributed by atoms with Crippen LogP contribution in [0.3, 0.4) is 0 Å². The number of nitrogens with one attached hydrogen (secondary N) is 1. The van der Waals surface area contributed by atoms with Crippen molar-refractivity contribution in [2.24, 2.45) is 0 Å². The van der Waals surface area contributed by atoms with E-state index in [1.54, 1.807) is 0 Å². The Kier molecular flexibility index (Phi) is 4.59. The predicted molar refractivity (Wildman–Crippen MR) is 111 cm³/mol. The highest BCUT2D eigenvalue weighted by atomic mass is 35.5. The summed E-state index contributed by atoms with van der Waals surface area (Å²) in [7, 11) is 0. The number of benzene rings is 2. The van der Waals surface area contributed by atoms with Gasteiger partial charge < -0.3 is 4.90 Å². The van der Waals surface area contributed by atoms with Crippen molar-refractivity contribution in [2.75, 3.05) is 0 Å². The van der Waals surface area contributed by atoms with Gasteiger partial charge in [-0.05, 0) is 42.1 Å². The summed E-state index contributed by atoms with van der Waals surface area (Å²) in [6.45, 7) is -0.169. The molecule has 166 valence electrons. The molecule has 1 fully saturated rings. The zero-order valence-electron chi connectivity index (χ0n) is 20.5. The molecule has 2 aromatic rings. The van der Waals surface area contributed by atoms with E-state index in [0.29, 0.717) is 5.56 Å².